The summed E-state index contributed by atoms with van der Waals surface area (Å²) in [5.74, 6) is 0.529. The van der Waals surface area contributed by atoms with Crippen molar-refractivity contribution < 1.29 is 17.9 Å². The number of hydrogen-bond acceptors (Lipinski definition) is 5. The number of carbonyl (C=O) groups is 1. The van der Waals surface area contributed by atoms with E-state index in [1.54, 1.807) is 24.3 Å². The first-order valence-corrected chi connectivity index (χ1v) is 10.7. The Morgan fingerprint density at radius 1 is 1.04 bits per heavy atom. The van der Waals surface area contributed by atoms with E-state index in [9.17, 15) is 9.00 Å². The monoisotopic (exact) mass is 406 g/mol. The smallest absolute Gasteiger partial charge is 0.372 e. The Morgan fingerprint density at radius 2 is 1.56 bits per heavy atom. The normalized spacial score (nSPS) is 13.8. The van der Waals surface area contributed by atoms with Crippen LogP contribution in [-0.4, -0.2) is 20.4 Å². The second-order valence-corrected chi connectivity index (χ2v) is 9.67. The van der Waals surface area contributed by atoms with Crippen molar-refractivity contribution in [3.05, 3.63) is 59.7 Å². The van der Waals surface area contributed by atoms with E-state index in [1.165, 1.54) is 0 Å². The van der Waals surface area contributed by atoms with Gasteiger partial charge >= 0.3 is 5.30 Å². The molecule has 146 valence electrons. The maximum absolute atomic E-state index is 12.4. The van der Waals surface area contributed by atoms with Crippen LogP contribution >= 0.6 is 11.8 Å². The average Bonchev–Trinajstić information content (AvgIpc) is 2.56. The summed E-state index contributed by atoms with van der Waals surface area (Å²) in [5.41, 5.74) is 1.56. The van der Waals surface area contributed by atoms with Gasteiger partial charge in [0.2, 0.25) is 0 Å². The van der Waals surface area contributed by atoms with Crippen molar-refractivity contribution in [2.75, 3.05) is 0 Å². The van der Waals surface area contributed by atoms with Gasteiger partial charge in [-0.2, -0.15) is 0 Å². The Balaban J connectivity index is 1.86. The first-order chi connectivity index (χ1) is 12.6. The number of rotatable bonds is 7. The van der Waals surface area contributed by atoms with Gasteiger partial charge in [-0.1, -0.05) is 42.3 Å². The number of thioether (sulfide) groups is 1. The largest absolute Gasteiger partial charge is 0.418 e. The highest BCUT2D eigenvalue weighted by Crippen LogP contribution is 2.28. The number of hydrogen-bond donors (Lipinski definition) is 0. The lowest BCUT2D eigenvalue weighted by Gasteiger charge is -2.26. The molecular weight excluding hydrogens is 380 g/mol. The van der Waals surface area contributed by atoms with E-state index in [4.69, 9.17) is 8.92 Å². The topological polar surface area (TPSA) is 52.6 Å². The molecule has 2 aromatic carbocycles. The van der Waals surface area contributed by atoms with Crippen molar-refractivity contribution in [3.63, 3.8) is 0 Å². The summed E-state index contributed by atoms with van der Waals surface area (Å²) in [5, 5.41) is -0.408. The first kappa shape index (κ1) is 21.7. The summed E-state index contributed by atoms with van der Waals surface area (Å²) in [4.78, 5) is 12.7. The molecule has 0 spiro atoms. The van der Waals surface area contributed by atoms with Crippen molar-refractivity contribution in [1.82, 2.24) is 0 Å². The molecule has 4 nitrogen and oxygen atoms in total. The Kier molecular flexibility index (Phi) is 7.65. The maximum atomic E-state index is 12.4. The minimum Gasteiger partial charge on any atom is -0.418 e. The fraction of sp³-hybridized carbons (Fsp3) is 0.381. The molecule has 2 rings (SSSR count). The minimum atomic E-state index is -1.55. The predicted octanol–water partition coefficient (Wildman–Crippen LogP) is 5.83. The summed E-state index contributed by atoms with van der Waals surface area (Å²) in [7, 11) is 0. The molecular formula is C21H26O4S2. The molecule has 0 N–H and O–H groups in total. The lowest BCUT2D eigenvalue weighted by molar-refractivity contribution is 0.119. The van der Waals surface area contributed by atoms with E-state index in [-0.39, 0.29) is 10.6 Å². The summed E-state index contributed by atoms with van der Waals surface area (Å²) in [6, 6.07) is 14.8. The van der Waals surface area contributed by atoms with Crippen LogP contribution in [0.4, 0.5) is 4.79 Å². The van der Waals surface area contributed by atoms with Gasteiger partial charge < -0.3 is 4.74 Å². The van der Waals surface area contributed by atoms with Gasteiger partial charge in [-0.05, 0) is 70.1 Å². The number of aryl methyl sites for hydroxylation is 2. The van der Waals surface area contributed by atoms with Crippen LogP contribution in [0.1, 0.15) is 38.3 Å². The molecule has 2 aromatic rings. The quantitative estimate of drug-likeness (QED) is 0.541. The molecule has 0 bridgehead atoms. The molecule has 0 aliphatic heterocycles. The third kappa shape index (κ3) is 7.48. The number of benzene rings is 2. The molecule has 0 fully saturated rings. The Labute approximate surface area is 168 Å². The van der Waals surface area contributed by atoms with Crippen LogP contribution < -0.4 is 4.74 Å². The third-order valence-corrected chi connectivity index (χ3v) is 5.92. The summed E-state index contributed by atoms with van der Waals surface area (Å²) in [6.07, 6.45) is 0.554. The third-order valence-electron chi connectivity index (χ3n) is 3.81. The van der Waals surface area contributed by atoms with Gasteiger partial charge in [0.1, 0.15) is 5.75 Å². The average molecular weight is 407 g/mol. The van der Waals surface area contributed by atoms with Gasteiger partial charge in [-0.25, -0.2) is 9.00 Å². The van der Waals surface area contributed by atoms with Crippen LogP contribution in [0.2, 0.25) is 0 Å². The standard InChI is InChI=1S/C21H26O4S2/c1-15-6-10-18(11-7-15)24-20(22)26-17(3)14-21(4,5)25-27(23)19-12-8-16(2)9-13-19/h6-13,17H,14H2,1-5H3. The van der Waals surface area contributed by atoms with Crippen LogP contribution in [0.3, 0.4) is 0 Å². The molecule has 0 saturated heterocycles. The van der Waals surface area contributed by atoms with Crippen LogP contribution in [0, 0.1) is 13.8 Å². The fourth-order valence-corrected chi connectivity index (χ4v) is 4.45. The van der Waals surface area contributed by atoms with Crippen LogP contribution in [0.15, 0.2) is 53.4 Å². The van der Waals surface area contributed by atoms with Crippen molar-refractivity contribution in [1.29, 1.82) is 0 Å². The van der Waals surface area contributed by atoms with Crippen molar-refractivity contribution in [3.8, 4) is 5.75 Å². The predicted molar refractivity (Wildman–Crippen MR) is 112 cm³/mol. The SMILES string of the molecule is Cc1ccc(OC(=O)SC(C)CC(C)(C)OS(=O)c2ccc(C)cc2)cc1. The van der Waals surface area contributed by atoms with Gasteiger partial charge in [0.15, 0.2) is 11.1 Å². The zero-order valence-corrected chi connectivity index (χ0v) is 18.0. The zero-order chi connectivity index (χ0) is 20.0. The van der Waals surface area contributed by atoms with Crippen molar-refractivity contribution >= 4 is 28.1 Å². The molecule has 0 aromatic heterocycles. The van der Waals surface area contributed by atoms with E-state index < -0.39 is 16.7 Å². The second kappa shape index (κ2) is 9.53. The highest BCUT2D eigenvalue weighted by molar-refractivity contribution is 8.13. The van der Waals surface area contributed by atoms with Gasteiger partial charge in [0.25, 0.3) is 0 Å². The molecule has 0 heterocycles. The van der Waals surface area contributed by atoms with Gasteiger partial charge in [0.05, 0.1) is 10.5 Å². The summed E-state index contributed by atoms with van der Waals surface area (Å²) < 4.78 is 23.5. The molecule has 0 aliphatic rings. The zero-order valence-electron chi connectivity index (χ0n) is 16.4. The molecule has 0 amide bonds. The van der Waals surface area contributed by atoms with Gasteiger partial charge in [0, 0.05) is 5.25 Å². The highest BCUT2D eigenvalue weighted by atomic mass is 32.2. The van der Waals surface area contributed by atoms with Crippen LogP contribution in [0.25, 0.3) is 0 Å². The Morgan fingerprint density at radius 3 is 2.11 bits per heavy atom. The summed E-state index contributed by atoms with van der Waals surface area (Å²) >= 11 is -0.439. The minimum absolute atomic E-state index is 0.0482. The fourth-order valence-electron chi connectivity index (χ4n) is 2.56. The number of ether oxygens (including phenoxy) is 1. The van der Waals surface area contributed by atoms with Crippen LogP contribution in [-0.2, 0) is 15.3 Å². The number of carbonyl (C=O) groups excluding carboxylic acids is 1. The van der Waals surface area contributed by atoms with E-state index in [1.807, 2.05) is 58.9 Å². The van der Waals surface area contributed by atoms with Gasteiger partial charge in [-0.15, -0.1) is 0 Å². The molecule has 0 saturated carbocycles. The molecule has 6 heteroatoms. The van der Waals surface area contributed by atoms with Crippen molar-refractivity contribution in [2.24, 2.45) is 0 Å². The first-order valence-electron chi connectivity index (χ1n) is 8.78. The Bertz CT molecular complexity index is 783. The highest BCUT2D eigenvalue weighted by Gasteiger charge is 2.27. The van der Waals surface area contributed by atoms with Crippen molar-refractivity contribution in [2.45, 2.75) is 56.8 Å². The molecule has 2 atom stereocenters. The lowest BCUT2D eigenvalue weighted by atomic mass is 10.0. The van der Waals surface area contributed by atoms with E-state index >= 15 is 0 Å². The molecule has 0 radical (unpaired) electrons. The Hall–Kier alpha value is -1.63. The molecule has 2 unspecified atom stereocenters. The molecule has 27 heavy (non-hydrogen) atoms. The molecule has 0 aliphatic carbocycles. The van der Waals surface area contributed by atoms with E-state index in [2.05, 4.69) is 0 Å². The van der Waals surface area contributed by atoms with Crippen LogP contribution in [0.5, 0.6) is 5.75 Å². The lowest BCUT2D eigenvalue weighted by Crippen LogP contribution is -2.29. The van der Waals surface area contributed by atoms with E-state index in [0.29, 0.717) is 17.1 Å². The maximum Gasteiger partial charge on any atom is 0.372 e. The van der Waals surface area contributed by atoms with E-state index in [0.717, 1.165) is 22.9 Å². The van der Waals surface area contributed by atoms with Gasteiger partial charge in [-0.3, -0.25) is 4.18 Å². The summed E-state index contributed by atoms with van der Waals surface area (Å²) in [6.45, 7) is 9.64. The second-order valence-electron chi connectivity index (χ2n) is 7.19.